The molecule has 22 heavy (non-hydrogen) atoms. The Kier molecular flexibility index (Phi) is 3.84. The van der Waals surface area contributed by atoms with Gasteiger partial charge >= 0.3 is 0 Å². The second kappa shape index (κ2) is 5.79. The Balaban J connectivity index is 1.81. The molecular formula is C18H20N2O2. The molecule has 114 valence electrons. The van der Waals surface area contributed by atoms with Gasteiger partial charge < -0.3 is 9.88 Å². The second-order valence-corrected chi connectivity index (χ2v) is 6.06. The third-order valence-electron chi connectivity index (χ3n) is 4.18. The van der Waals surface area contributed by atoms with E-state index in [4.69, 9.17) is 0 Å². The van der Waals surface area contributed by atoms with E-state index in [0.717, 1.165) is 18.4 Å². The summed E-state index contributed by atoms with van der Waals surface area (Å²) in [5.41, 5.74) is 2.58. The number of carbonyl (C=O) groups is 1. The third-order valence-corrected chi connectivity index (χ3v) is 4.18. The highest BCUT2D eigenvalue weighted by molar-refractivity contribution is 5.94. The van der Waals surface area contributed by atoms with E-state index < -0.39 is 0 Å². The van der Waals surface area contributed by atoms with Crippen LogP contribution in [0.25, 0.3) is 0 Å². The fraction of sp³-hybridized carbons (Fsp3) is 0.333. The van der Waals surface area contributed by atoms with Crippen molar-refractivity contribution < 1.29 is 4.79 Å². The maximum atomic E-state index is 12.4. The molecule has 4 nitrogen and oxygen atoms in total. The van der Waals surface area contributed by atoms with E-state index in [1.54, 1.807) is 19.3 Å². The van der Waals surface area contributed by atoms with Crippen LogP contribution in [0.15, 0.2) is 47.4 Å². The Morgan fingerprint density at radius 3 is 2.50 bits per heavy atom. The molecule has 0 bridgehead atoms. The topological polar surface area (TPSA) is 51.1 Å². The molecule has 0 spiro atoms. The molecule has 1 atom stereocenters. The number of aromatic nitrogens is 1. The van der Waals surface area contributed by atoms with Gasteiger partial charge in [-0.25, -0.2) is 0 Å². The van der Waals surface area contributed by atoms with Crippen molar-refractivity contribution in [1.29, 1.82) is 0 Å². The van der Waals surface area contributed by atoms with Gasteiger partial charge in [0, 0.05) is 24.9 Å². The Hall–Kier alpha value is -2.36. The number of hydrogen-bond donors (Lipinski definition) is 1. The first-order valence-corrected chi connectivity index (χ1v) is 7.59. The maximum absolute atomic E-state index is 12.4. The van der Waals surface area contributed by atoms with Crippen molar-refractivity contribution in [3.05, 3.63) is 69.6 Å². The SMILES string of the molecule is Cc1ccc([C@H](NC(=O)c2ccn(C)c(=O)c2)C2CC2)cc1. The van der Waals surface area contributed by atoms with Gasteiger partial charge in [-0.15, -0.1) is 0 Å². The lowest BCUT2D eigenvalue weighted by Gasteiger charge is -2.19. The van der Waals surface area contributed by atoms with Gasteiger partial charge in [0.15, 0.2) is 0 Å². The van der Waals surface area contributed by atoms with Crippen molar-refractivity contribution in [1.82, 2.24) is 9.88 Å². The van der Waals surface area contributed by atoms with Crippen LogP contribution in [0.2, 0.25) is 0 Å². The lowest BCUT2D eigenvalue weighted by Crippen LogP contribution is -2.31. The third kappa shape index (κ3) is 3.11. The van der Waals surface area contributed by atoms with Gasteiger partial charge in [-0.2, -0.15) is 0 Å². The second-order valence-electron chi connectivity index (χ2n) is 6.06. The molecular weight excluding hydrogens is 276 g/mol. The lowest BCUT2D eigenvalue weighted by molar-refractivity contribution is 0.0931. The van der Waals surface area contributed by atoms with E-state index in [1.165, 1.54) is 16.2 Å². The highest BCUT2D eigenvalue weighted by Gasteiger charge is 2.33. The molecule has 1 aliphatic carbocycles. The molecule has 1 saturated carbocycles. The van der Waals surface area contributed by atoms with Crippen molar-refractivity contribution in [2.45, 2.75) is 25.8 Å². The van der Waals surface area contributed by atoms with Crippen molar-refractivity contribution >= 4 is 5.91 Å². The van der Waals surface area contributed by atoms with E-state index >= 15 is 0 Å². The minimum absolute atomic E-state index is 0.0251. The van der Waals surface area contributed by atoms with E-state index in [-0.39, 0.29) is 17.5 Å². The molecule has 1 aromatic carbocycles. The molecule has 0 saturated heterocycles. The number of pyridine rings is 1. The number of nitrogens with zero attached hydrogens (tertiary/aromatic N) is 1. The summed E-state index contributed by atoms with van der Waals surface area (Å²) in [5.74, 6) is 0.313. The van der Waals surface area contributed by atoms with Crippen LogP contribution in [0.4, 0.5) is 0 Å². The minimum Gasteiger partial charge on any atom is -0.345 e. The van der Waals surface area contributed by atoms with E-state index in [2.05, 4.69) is 29.6 Å². The summed E-state index contributed by atoms with van der Waals surface area (Å²) >= 11 is 0. The molecule has 1 N–H and O–H groups in total. The summed E-state index contributed by atoms with van der Waals surface area (Å²) in [5, 5.41) is 3.09. The molecule has 0 radical (unpaired) electrons. The summed E-state index contributed by atoms with van der Waals surface area (Å²) < 4.78 is 1.45. The molecule has 1 heterocycles. The number of carbonyl (C=O) groups excluding carboxylic acids is 1. The van der Waals surface area contributed by atoms with Crippen LogP contribution in [-0.2, 0) is 7.05 Å². The van der Waals surface area contributed by atoms with Crippen LogP contribution in [0.5, 0.6) is 0 Å². The first-order valence-electron chi connectivity index (χ1n) is 7.59. The van der Waals surface area contributed by atoms with E-state index in [1.807, 2.05) is 6.92 Å². The summed E-state index contributed by atoms with van der Waals surface area (Å²) in [4.78, 5) is 24.1. The number of hydrogen-bond acceptors (Lipinski definition) is 2. The quantitative estimate of drug-likeness (QED) is 0.942. The van der Waals surface area contributed by atoms with E-state index in [0.29, 0.717) is 11.5 Å². The normalized spacial score (nSPS) is 15.4. The maximum Gasteiger partial charge on any atom is 0.252 e. The molecule has 3 rings (SSSR count). The minimum atomic E-state index is -0.185. The average molecular weight is 296 g/mol. The lowest BCUT2D eigenvalue weighted by atomic mass is 10.0. The van der Waals surface area contributed by atoms with Gasteiger partial charge in [0.25, 0.3) is 11.5 Å². The molecule has 4 heteroatoms. The van der Waals surface area contributed by atoms with Gasteiger partial charge in [-0.05, 0) is 37.3 Å². The predicted molar refractivity (Wildman–Crippen MR) is 85.8 cm³/mol. The first kappa shape index (κ1) is 14.6. The number of nitrogens with one attached hydrogen (secondary N) is 1. The summed E-state index contributed by atoms with van der Waals surface area (Å²) in [6.45, 7) is 2.05. The first-order chi connectivity index (χ1) is 10.5. The fourth-order valence-electron chi connectivity index (χ4n) is 2.59. The molecule has 2 aromatic rings. The van der Waals surface area contributed by atoms with Gasteiger partial charge in [0.05, 0.1) is 6.04 Å². The monoisotopic (exact) mass is 296 g/mol. The number of amides is 1. The largest absolute Gasteiger partial charge is 0.345 e. The highest BCUT2D eigenvalue weighted by Crippen LogP contribution is 2.41. The zero-order chi connectivity index (χ0) is 15.7. The number of benzene rings is 1. The van der Waals surface area contributed by atoms with Gasteiger partial charge in [0.2, 0.25) is 0 Å². The van der Waals surface area contributed by atoms with Gasteiger partial charge in [-0.1, -0.05) is 29.8 Å². The highest BCUT2D eigenvalue weighted by atomic mass is 16.2. The molecule has 1 amide bonds. The summed E-state index contributed by atoms with van der Waals surface area (Å²) in [7, 11) is 1.67. The van der Waals surface area contributed by atoms with Crippen LogP contribution in [-0.4, -0.2) is 10.5 Å². The van der Waals surface area contributed by atoms with Crippen molar-refractivity contribution in [2.75, 3.05) is 0 Å². The van der Waals surface area contributed by atoms with E-state index in [9.17, 15) is 9.59 Å². The van der Waals surface area contributed by atoms with Crippen LogP contribution in [0.3, 0.4) is 0 Å². The summed E-state index contributed by atoms with van der Waals surface area (Å²) in [6.07, 6.45) is 3.89. The molecule has 0 unspecified atom stereocenters. The van der Waals surface area contributed by atoms with Crippen LogP contribution < -0.4 is 10.9 Å². The molecule has 1 aromatic heterocycles. The van der Waals surface area contributed by atoms with Crippen LogP contribution in [0.1, 0.15) is 40.4 Å². The Bertz CT molecular complexity index is 742. The van der Waals surface area contributed by atoms with Crippen LogP contribution in [0, 0.1) is 12.8 Å². The predicted octanol–water partition coefficient (Wildman–Crippen LogP) is 2.57. The fourth-order valence-corrected chi connectivity index (χ4v) is 2.59. The van der Waals surface area contributed by atoms with Crippen LogP contribution >= 0.6 is 0 Å². The van der Waals surface area contributed by atoms with Crippen molar-refractivity contribution in [3.63, 3.8) is 0 Å². The number of aryl methyl sites for hydroxylation is 2. The van der Waals surface area contributed by atoms with Gasteiger partial charge in [0.1, 0.15) is 0 Å². The standard InChI is InChI=1S/C18H20N2O2/c1-12-3-5-13(6-4-12)17(14-7-8-14)19-18(22)15-9-10-20(2)16(21)11-15/h3-6,9-11,14,17H,7-8H2,1-2H3,(H,19,22)/t17-/m0/s1. The molecule has 1 aliphatic rings. The Labute approximate surface area is 129 Å². The average Bonchev–Trinajstić information content (AvgIpc) is 3.33. The molecule has 0 aliphatic heterocycles. The Morgan fingerprint density at radius 2 is 1.91 bits per heavy atom. The zero-order valence-corrected chi connectivity index (χ0v) is 12.9. The van der Waals surface area contributed by atoms with Gasteiger partial charge in [-0.3, -0.25) is 9.59 Å². The summed E-state index contributed by atoms with van der Waals surface area (Å²) in [6, 6.07) is 11.4. The van der Waals surface area contributed by atoms with Crippen molar-refractivity contribution in [3.8, 4) is 0 Å². The number of rotatable bonds is 4. The Morgan fingerprint density at radius 1 is 1.23 bits per heavy atom. The van der Waals surface area contributed by atoms with Crippen molar-refractivity contribution in [2.24, 2.45) is 13.0 Å². The molecule has 1 fully saturated rings. The smallest absolute Gasteiger partial charge is 0.252 e. The zero-order valence-electron chi connectivity index (χ0n) is 12.9.